The Kier molecular flexibility index (Phi) is 8.98. The predicted octanol–water partition coefficient (Wildman–Crippen LogP) is 4.06. The van der Waals surface area contributed by atoms with E-state index in [0.29, 0.717) is 0 Å². The number of hydrogen-bond donors (Lipinski definition) is 1. The molecule has 0 aromatic carbocycles. The smallest absolute Gasteiger partial charge is 0.193 e. The molecule has 3 heteroatoms. The molecule has 18 heavy (non-hydrogen) atoms. The van der Waals surface area contributed by atoms with Crippen molar-refractivity contribution >= 4 is 8.32 Å². The monoisotopic (exact) mass is 268 g/mol. The van der Waals surface area contributed by atoms with E-state index in [0.717, 1.165) is 23.7 Å². The summed E-state index contributed by atoms with van der Waals surface area (Å²) in [5.41, 5.74) is 0.739. The lowest BCUT2D eigenvalue weighted by molar-refractivity contribution is 0.234. The Morgan fingerprint density at radius 2 is 1.78 bits per heavy atom. The highest BCUT2D eigenvalue weighted by Crippen LogP contribution is 2.25. The highest BCUT2D eigenvalue weighted by Gasteiger charge is 2.31. The average Bonchev–Trinajstić information content (AvgIpc) is 2.42. The van der Waals surface area contributed by atoms with Gasteiger partial charge in [0.15, 0.2) is 8.32 Å². The summed E-state index contributed by atoms with van der Waals surface area (Å²) in [5.74, 6) is 0. The van der Waals surface area contributed by atoms with Crippen LogP contribution in [0.25, 0.3) is 0 Å². The lowest BCUT2D eigenvalue weighted by Crippen LogP contribution is -2.40. The summed E-state index contributed by atoms with van der Waals surface area (Å²) >= 11 is 0. The fraction of sp³-hybridized carbons (Fsp3) is 0.600. The van der Waals surface area contributed by atoms with Crippen molar-refractivity contribution < 1.29 is 9.53 Å². The molecule has 0 saturated carbocycles. The van der Waals surface area contributed by atoms with Gasteiger partial charge >= 0.3 is 0 Å². The maximum absolute atomic E-state index is 9.26. The number of rotatable bonds is 9. The molecule has 0 heterocycles. The van der Waals surface area contributed by atoms with Gasteiger partial charge < -0.3 is 9.53 Å². The quantitative estimate of drug-likeness (QED) is 0.388. The standard InChI is InChI=1S/C15H28O2Si/c1-6-10-11-12-15(14(5)13-16)17-18(7-2,8-3)9-4/h6,10-12,15-16H,5,7-9,13H2,1-4H3/b10-6+,12-11+/t15-/m0/s1. The second-order valence-corrected chi connectivity index (χ2v) is 9.23. The number of allylic oxidation sites excluding steroid dienone is 3. The number of aliphatic hydroxyl groups is 1. The first-order valence-corrected chi connectivity index (χ1v) is 9.37. The summed E-state index contributed by atoms with van der Waals surface area (Å²) in [5, 5.41) is 9.26. The lowest BCUT2D eigenvalue weighted by Gasteiger charge is -2.32. The van der Waals surface area contributed by atoms with Crippen molar-refractivity contribution in [2.75, 3.05) is 6.61 Å². The fourth-order valence-corrected chi connectivity index (χ4v) is 4.68. The number of aliphatic hydroxyl groups excluding tert-OH is 1. The minimum atomic E-state index is -1.67. The number of hydrogen-bond acceptors (Lipinski definition) is 2. The van der Waals surface area contributed by atoms with E-state index in [4.69, 9.17) is 4.43 Å². The van der Waals surface area contributed by atoms with Crippen LogP contribution in [0.3, 0.4) is 0 Å². The third kappa shape index (κ3) is 5.34. The zero-order valence-electron chi connectivity index (χ0n) is 12.3. The largest absolute Gasteiger partial charge is 0.407 e. The summed E-state index contributed by atoms with van der Waals surface area (Å²) in [6.07, 6.45) is 7.73. The first-order valence-electron chi connectivity index (χ1n) is 6.84. The first-order chi connectivity index (χ1) is 8.59. The highest BCUT2D eigenvalue weighted by molar-refractivity contribution is 6.73. The van der Waals surface area contributed by atoms with Gasteiger partial charge in [0.05, 0.1) is 12.7 Å². The van der Waals surface area contributed by atoms with E-state index >= 15 is 0 Å². The third-order valence-electron chi connectivity index (χ3n) is 3.50. The van der Waals surface area contributed by atoms with Gasteiger partial charge in [0.25, 0.3) is 0 Å². The SMILES string of the molecule is C=C(CO)[C@H](/C=C/C=C/C)O[Si](CC)(CC)CC. The Bertz CT molecular complexity index is 283. The topological polar surface area (TPSA) is 29.5 Å². The van der Waals surface area contributed by atoms with Crippen LogP contribution in [0.5, 0.6) is 0 Å². The van der Waals surface area contributed by atoms with Crippen molar-refractivity contribution in [2.24, 2.45) is 0 Å². The second kappa shape index (κ2) is 9.31. The third-order valence-corrected chi connectivity index (χ3v) is 8.12. The first kappa shape index (κ1) is 17.4. The van der Waals surface area contributed by atoms with Gasteiger partial charge in [-0.2, -0.15) is 0 Å². The van der Waals surface area contributed by atoms with Crippen LogP contribution < -0.4 is 0 Å². The molecule has 0 aromatic heterocycles. The summed E-state index contributed by atoms with van der Waals surface area (Å²) in [6, 6.07) is 3.31. The summed E-state index contributed by atoms with van der Waals surface area (Å²) < 4.78 is 6.34. The van der Waals surface area contributed by atoms with Gasteiger partial charge in [0, 0.05) is 0 Å². The van der Waals surface area contributed by atoms with E-state index in [-0.39, 0.29) is 12.7 Å². The van der Waals surface area contributed by atoms with Crippen LogP contribution in [0.4, 0.5) is 0 Å². The molecule has 0 bridgehead atoms. The van der Waals surface area contributed by atoms with Gasteiger partial charge in [-0.3, -0.25) is 0 Å². The molecule has 0 aliphatic carbocycles. The van der Waals surface area contributed by atoms with Crippen LogP contribution in [0.15, 0.2) is 36.5 Å². The Hall–Kier alpha value is -0.643. The van der Waals surface area contributed by atoms with Crippen LogP contribution in [0.1, 0.15) is 27.7 Å². The molecule has 0 spiro atoms. The van der Waals surface area contributed by atoms with E-state index in [1.54, 1.807) is 0 Å². The fourth-order valence-electron chi connectivity index (χ4n) is 1.89. The van der Waals surface area contributed by atoms with E-state index in [9.17, 15) is 5.11 Å². The molecule has 104 valence electrons. The molecule has 0 fully saturated rings. The van der Waals surface area contributed by atoms with E-state index in [1.807, 2.05) is 31.2 Å². The maximum Gasteiger partial charge on any atom is 0.193 e. The summed E-state index contributed by atoms with van der Waals surface area (Å²) in [4.78, 5) is 0. The maximum atomic E-state index is 9.26. The molecule has 0 aromatic rings. The second-order valence-electron chi connectivity index (χ2n) is 4.51. The van der Waals surface area contributed by atoms with Crippen molar-refractivity contribution in [3.8, 4) is 0 Å². The zero-order chi connectivity index (χ0) is 14.0. The summed E-state index contributed by atoms with van der Waals surface area (Å²) in [7, 11) is -1.67. The molecule has 0 rings (SSSR count). The molecule has 0 aliphatic heterocycles. The molecule has 0 saturated heterocycles. The molecule has 0 aliphatic rings. The minimum absolute atomic E-state index is 0.0214. The summed E-state index contributed by atoms with van der Waals surface area (Å²) in [6.45, 7) is 12.5. The van der Waals surface area contributed by atoms with E-state index in [1.165, 1.54) is 0 Å². The predicted molar refractivity (Wildman–Crippen MR) is 82.2 cm³/mol. The zero-order valence-corrected chi connectivity index (χ0v) is 13.3. The molecule has 0 unspecified atom stereocenters. The van der Waals surface area contributed by atoms with Gasteiger partial charge in [0.1, 0.15) is 0 Å². The van der Waals surface area contributed by atoms with Crippen molar-refractivity contribution in [1.82, 2.24) is 0 Å². The van der Waals surface area contributed by atoms with Gasteiger partial charge in [0.2, 0.25) is 0 Å². The normalized spacial score (nSPS) is 14.5. The van der Waals surface area contributed by atoms with Crippen LogP contribution in [-0.4, -0.2) is 26.1 Å². The molecule has 0 radical (unpaired) electrons. The van der Waals surface area contributed by atoms with Gasteiger partial charge in [-0.1, -0.05) is 51.7 Å². The van der Waals surface area contributed by atoms with Crippen molar-refractivity contribution in [3.05, 3.63) is 36.5 Å². The van der Waals surface area contributed by atoms with Gasteiger partial charge in [-0.25, -0.2) is 0 Å². The molecule has 1 N–H and O–H groups in total. The van der Waals surface area contributed by atoms with Crippen molar-refractivity contribution in [2.45, 2.75) is 51.9 Å². The lowest BCUT2D eigenvalue weighted by atomic mass is 10.1. The van der Waals surface area contributed by atoms with Crippen molar-refractivity contribution in [3.63, 3.8) is 0 Å². The highest BCUT2D eigenvalue weighted by atomic mass is 28.4. The molecule has 2 nitrogen and oxygen atoms in total. The molecule has 1 atom stereocenters. The average molecular weight is 268 g/mol. The van der Waals surface area contributed by atoms with Gasteiger partial charge in [-0.05, 0) is 30.6 Å². The van der Waals surface area contributed by atoms with Crippen LogP contribution >= 0.6 is 0 Å². The Balaban J connectivity index is 4.91. The van der Waals surface area contributed by atoms with E-state index < -0.39 is 8.32 Å². The molecular formula is C15H28O2Si. The van der Waals surface area contributed by atoms with E-state index in [2.05, 4.69) is 27.4 Å². The van der Waals surface area contributed by atoms with Gasteiger partial charge in [-0.15, -0.1) is 0 Å². The Morgan fingerprint density at radius 1 is 1.22 bits per heavy atom. The minimum Gasteiger partial charge on any atom is -0.407 e. The van der Waals surface area contributed by atoms with Crippen LogP contribution in [-0.2, 0) is 4.43 Å². The van der Waals surface area contributed by atoms with Crippen molar-refractivity contribution in [1.29, 1.82) is 0 Å². The van der Waals surface area contributed by atoms with Crippen LogP contribution in [0.2, 0.25) is 18.1 Å². The Labute approximate surface area is 113 Å². The molecular weight excluding hydrogens is 240 g/mol. The van der Waals surface area contributed by atoms with Crippen LogP contribution in [0, 0.1) is 0 Å². The molecule has 0 amide bonds. The Morgan fingerprint density at radius 3 is 2.17 bits per heavy atom.